The molecular formula is C83H58IN7Si2. The summed E-state index contributed by atoms with van der Waals surface area (Å²) < 4.78 is 14.5. The molecule has 0 atom stereocenters. The predicted octanol–water partition coefficient (Wildman–Crippen LogP) is 17.5. The SMILES string of the molecule is Ic1ccccc1-c1ccccc1Cc1cc(N2[Si](c3ccccc3)(c3ccccc3)N(c3cc(-n4c5ccccc5c5ccccc54)nc(-n4c5ccccc5c5ccccc54)c3)[Si]2(c2ccccc2)c2ccccc2)cc(-n2c3ccccc3c3ccccc32)n1. The number of pyridine rings is 2. The van der Waals surface area contributed by atoms with Crippen LogP contribution >= 0.6 is 22.6 Å². The Morgan fingerprint density at radius 2 is 0.548 bits per heavy atom. The summed E-state index contributed by atoms with van der Waals surface area (Å²) in [4.78, 5) is 12.0. The smallest absolute Gasteiger partial charge is 0.318 e. The highest BCUT2D eigenvalue weighted by atomic mass is 127. The molecule has 5 aromatic heterocycles. The van der Waals surface area contributed by atoms with Gasteiger partial charge in [0, 0.05) is 77.6 Å². The Balaban J connectivity index is 1.01. The van der Waals surface area contributed by atoms with Gasteiger partial charge in [0.05, 0.1) is 33.1 Å². The third-order valence-electron chi connectivity index (χ3n) is 19.1. The number of aromatic nitrogens is 5. The second-order valence-corrected chi connectivity index (χ2v) is 33.0. The summed E-state index contributed by atoms with van der Waals surface area (Å²) in [7, 11) is -7.45. The van der Waals surface area contributed by atoms with Crippen molar-refractivity contribution in [2.24, 2.45) is 0 Å². The van der Waals surface area contributed by atoms with E-state index in [4.69, 9.17) is 9.97 Å². The van der Waals surface area contributed by atoms with Gasteiger partial charge in [-0.3, -0.25) is 13.7 Å². The first kappa shape index (κ1) is 55.0. The van der Waals surface area contributed by atoms with Gasteiger partial charge in [-0.15, -0.1) is 0 Å². The monoisotopic (exact) mass is 1340 g/mol. The Bertz CT molecular complexity index is 5270. The lowest BCUT2D eigenvalue weighted by Gasteiger charge is -2.73. The van der Waals surface area contributed by atoms with Crippen LogP contribution in [0.15, 0.2) is 340 Å². The molecule has 6 heterocycles. The zero-order chi connectivity index (χ0) is 61.6. The minimum atomic E-state index is -3.72. The molecule has 12 aromatic carbocycles. The average molecular weight is 1340 g/mol. The number of hydrogen-bond acceptors (Lipinski definition) is 4. The summed E-state index contributed by atoms with van der Waals surface area (Å²) in [5.41, 5.74) is 13.4. The summed E-state index contributed by atoms with van der Waals surface area (Å²) in [6.45, 7) is 0. The van der Waals surface area contributed by atoms with Crippen LogP contribution < -0.4 is 29.2 Å². The van der Waals surface area contributed by atoms with Crippen molar-refractivity contribution in [1.29, 1.82) is 0 Å². The van der Waals surface area contributed by atoms with Gasteiger partial charge in [0.25, 0.3) is 0 Å². The van der Waals surface area contributed by atoms with Crippen LogP contribution in [0.25, 0.3) is 94.0 Å². The van der Waals surface area contributed by atoms with Crippen LogP contribution in [0.4, 0.5) is 11.4 Å². The molecule has 1 fully saturated rings. The van der Waals surface area contributed by atoms with Gasteiger partial charge >= 0.3 is 16.8 Å². The Morgan fingerprint density at radius 3 is 0.903 bits per heavy atom. The fraction of sp³-hybridized carbons (Fsp3) is 0.0120. The first-order chi connectivity index (χ1) is 46.1. The lowest BCUT2D eigenvalue weighted by Crippen LogP contribution is -3.07. The Morgan fingerprint density at radius 1 is 0.269 bits per heavy atom. The van der Waals surface area contributed by atoms with Crippen molar-refractivity contribution in [2.75, 3.05) is 8.46 Å². The lowest BCUT2D eigenvalue weighted by atomic mass is 9.96. The number of benzene rings is 12. The molecule has 0 unspecified atom stereocenters. The quantitative estimate of drug-likeness (QED) is 0.0903. The van der Waals surface area contributed by atoms with E-state index in [2.05, 4.69) is 384 Å². The highest BCUT2D eigenvalue weighted by Crippen LogP contribution is 2.49. The van der Waals surface area contributed by atoms with Crippen LogP contribution in [0.2, 0.25) is 0 Å². The molecular weight excluding hydrogens is 1280 g/mol. The number of anilines is 2. The minimum Gasteiger partial charge on any atom is -0.378 e. The fourth-order valence-corrected chi connectivity index (χ4v) is 31.3. The molecule has 0 bridgehead atoms. The zero-order valence-electron chi connectivity index (χ0n) is 50.5. The van der Waals surface area contributed by atoms with E-state index < -0.39 is 16.8 Å². The van der Waals surface area contributed by atoms with Gasteiger partial charge in [-0.2, -0.15) is 0 Å². The second-order valence-electron chi connectivity index (χ2n) is 24.1. The molecule has 0 radical (unpaired) electrons. The maximum atomic E-state index is 6.00. The molecule has 18 rings (SSSR count). The third-order valence-corrected chi connectivity index (χ3v) is 32.1. The predicted molar refractivity (Wildman–Crippen MR) is 400 cm³/mol. The van der Waals surface area contributed by atoms with Crippen LogP contribution in [0.5, 0.6) is 0 Å². The molecule has 0 saturated carbocycles. The molecule has 7 nitrogen and oxygen atoms in total. The largest absolute Gasteiger partial charge is 0.378 e. The number of halogens is 1. The fourth-order valence-electron chi connectivity index (χ4n) is 15.5. The molecule has 17 aromatic rings. The number of hydrogen-bond donors (Lipinski definition) is 0. The van der Waals surface area contributed by atoms with Gasteiger partial charge in [-0.25, -0.2) is 9.97 Å². The van der Waals surface area contributed by atoms with Crippen LogP contribution in [0.3, 0.4) is 0 Å². The number of nitrogens with zero attached hydrogens (tertiary/aromatic N) is 7. The minimum absolute atomic E-state index is 0.585. The molecule has 1 aliphatic rings. The van der Waals surface area contributed by atoms with Crippen molar-refractivity contribution < 1.29 is 0 Å². The first-order valence-corrected chi connectivity index (χ1v) is 36.6. The zero-order valence-corrected chi connectivity index (χ0v) is 54.7. The van der Waals surface area contributed by atoms with E-state index in [0.29, 0.717) is 6.42 Å². The van der Waals surface area contributed by atoms with E-state index in [1.165, 1.54) is 73.3 Å². The van der Waals surface area contributed by atoms with Crippen molar-refractivity contribution in [3.63, 3.8) is 0 Å². The molecule has 10 heteroatoms. The highest BCUT2D eigenvalue weighted by molar-refractivity contribution is 14.1. The molecule has 0 spiro atoms. The summed E-state index contributed by atoms with van der Waals surface area (Å²) in [5.74, 6) is 2.53. The lowest BCUT2D eigenvalue weighted by molar-refractivity contribution is 0.998. The van der Waals surface area contributed by atoms with Crippen molar-refractivity contribution >= 4 is 137 Å². The molecule has 1 aliphatic heterocycles. The van der Waals surface area contributed by atoms with Crippen LogP contribution in [-0.2, 0) is 6.42 Å². The Labute approximate surface area is 554 Å². The molecule has 93 heavy (non-hydrogen) atoms. The topological polar surface area (TPSA) is 47.0 Å². The summed E-state index contributed by atoms with van der Waals surface area (Å²) in [5, 5.41) is 12.1. The van der Waals surface area contributed by atoms with Gasteiger partial charge in [-0.05, 0) is 109 Å². The average Bonchev–Trinajstić information content (AvgIpc) is 1.31. The summed E-state index contributed by atoms with van der Waals surface area (Å²) in [6.07, 6.45) is 0.585. The highest BCUT2D eigenvalue weighted by Gasteiger charge is 2.75. The second kappa shape index (κ2) is 22.2. The van der Waals surface area contributed by atoms with Crippen molar-refractivity contribution in [2.45, 2.75) is 6.42 Å². The van der Waals surface area contributed by atoms with E-state index in [1.807, 2.05) is 0 Å². The normalized spacial score (nSPS) is 13.6. The van der Waals surface area contributed by atoms with E-state index in [1.54, 1.807) is 0 Å². The molecule has 0 aliphatic carbocycles. The summed E-state index contributed by atoms with van der Waals surface area (Å²) in [6, 6.07) is 126. The molecule has 1 saturated heterocycles. The van der Waals surface area contributed by atoms with Crippen LogP contribution in [-0.4, -0.2) is 40.5 Å². The van der Waals surface area contributed by atoms with Crippen LogP contribution in [0, 0.1) is 3.57 Å². The van der Waals surface area contributed by atoms with E-state index in [9.17, 15) is 0 Å². The van der Waals surface area contributed by atoms with Gasteiger partial charge in [0.15, 0.2) is 0 Å². The van der Waals surface area contributed by atoms with E-state index >= 15 is 0 Å². The first-order valence-electron chi connectivity index (χ1n) is 31.7. The van der Waals surface area contributed by atoms with Gasteiger partial charge in [0.1, 0.15) is 17.5 Å². The van der Waals surface area contributed by atoms with E-state index in [-0.39, 0.29) is 0 Å². The van der Waals surface area contributed by atoms with Crippen molar-refractivity contribution in [3.05, 3.63) is 355 Å². The van der Waals surface area contributed by atoms with Gasteiger partial charge < -0.3 is 8.46 Å². The molecule has 0 amide bonds. The van der Waals surface area contributed by atoms with Crippen LogP contribution in [0.1, 0.15) is 11.3 Å². The number of para-hydroxylation sites is 6. The maximum absolute atomic E-state index is 6.00. The van der Waals surface area contributed by atoms with Crippen molar-refractivity contribution in [1.82, 2.24) is 23.7 Å². The summed E-state index contributed by atoms with van der Waals surface area (Å²) >= 11 is 2.50. The van der Waals surface area contributed by atoms with E-state index in [0.717, 1.165) is 67.6 Å². The molecule has 0 N–H and O–H groups in total. The van der Waals surface area contributed by atoms with Crippen molar-refractivity contribution in [3.8, 4) is 28.6 Å². The Hall–Kier alpha value is -10.9. The number of fused-ring (bicyclic) bond motifs is 9. The maximum Gasteiger partial charge on any atom is 0.318 e. The third kappa shape index (κ3) is 8.45. The molecule has 440 valence electrons. The standard InChI is InChI=1S/C83H58IN7Si2/c84-74-46-22-15-39-67(74)66-38-14-13-29-58(66)53-59-54-60(55-81(85-59)87-75-47-23-16-40-68(75)69-41-17-24-48-76(69)87)90-92(62-30-5-1-6-31-62,63-32-7-2-8-33-63)91(93(90,64-34-9-3-10-35-64)65-36-11-4-12-37-65)61-56-82(88-77-49-25-18-42-70(77)71-43-19-26-50-78(71)88)86-83(57-61)89-79-51-27-20-44-72(79)73-45-21-28-52-80(73)89/h1-52,54-57H,53H2. The van der Waals surface area contributed by atoms with Gasteiger partial charge in [0.2, 0.25) is 0 Å². The number of rotatable bonds is 12. The van der Waals surface area contributed by atoms with Gasteiger partial charge in [-0.1, -0.05) is 273 Å². The Kier molecular flexibility index (Phi) is 13.1.